The lowest BCUT2D eigenvalue weighted by atomic mass is 10.8. The molecule has 0 fully saturated rings. The molecule has 0 aromatic carbocycles. The SMILES string of the molecule is CS(=O)C[N+](C)(C)C.[Cl-]. The largest absolute Gasteiger partial charge is 1.00 e. The van der Waals surface area contributed by atoms with E-state index >= 15 is 0 Å². The van der Waals surface area contributed by atoms with Crippen molar-refractivity contribution in [2.45, 2.75) is 0 Å². The summed E-state index contributed by atoms with van der Waals surface area (Å²) in [5, 5.41) is 0. The Morgan fingerprint density at radius 2 is 1.67 bits per heavy atom. The Morgan fingerprint density at radius 3 is 1.67 bits per heavy atom. The van der Waals surface area contributed by atoms with Crippen molar-refractivity contribution in [2.75, 3.05) is 33.3 Å². The molecule has 0 N–H and O–H groups in total. The first-order valence-electron chi connectivity index (χ1n) is 2.52. The van der Waals surface area contributed by atoms with E-state index in [9.17, 15) is 4.21 Å². The standard InChI is InChI=1S/C5H14NOS.ClH/c1-6(2,3)5-8(4)7;/h5H2,1-4H3;1H/q+1;/p-1. The van der Waals surface area contributed by atoms with E-state index in [1.807, 2.05) is 21.1 Å². The molecular weight excluding hydrogens is 158 g/mol. The molecule has 0 bridgehead atoms. The molecule has 0 aromatic rings. The molecule has 4 heteroatoms. The maximum absolute atomic E-state index is 10.6. The maximum Gasteiger partial charge on any atom is 0.154 e. The third-order valence-corrected chi connectivity index (χ3v) is 1.71. The topological polar surface area (TPSA) is 17.1 Å². The van der Waals surface area contributed by atoms with Gasteiger partial charge in [0.1, 0.15) is 0 Å². The second kappa shape index (κ2) is 4.25. The van der Waals surface area contributed by atoms with E-state index in [2.05, 4.69) is 0 Å². The maximum atomic E-state index is 10.6. The van der Waals surface area contributed by atoms with Crippen molar-refractivity contribution in [1.29, 1.82) is 0 Å². The van der Waals surface area contributed by atoms with Gasteiger partial charge in [0.15, 0.2) is 5.88 Å². The van der Waals surface area contributed by atoms with E-state index in [0.717, 1.165) is 10.4 Å². The van der Waals surface area contributed by atoms with E-state index in [-0.39, 0.29) is 12.4 Å². The van der Waals surface area contributed by atoms with Gasteiger partial charge in [0, 0.05) is 6.26 Å². The summed E-state index contributed by atoms with van der Waals surface area (Å²) < 4.78 is 11.3. The van der Waals surface area contributed by atoms with Crippen LogP contribution in [0.5, 0.6) is 0 Å². The normalized spacial score (nSPS) is 14.2. The van der Waals surface area contributed by atoms with Gasteiger partial charge in [-0.3, -0.25) is 4.21 Å². The number of hydrogen-bond donors (Lipinski definition) is 0. The van der Waals surface area contributed by atoms with Crippen molar-refractivity contribution in [1.82, 2.24) is 0 Å². The second-order valence-corrected chi connectivity index (χ2v) is 4.40. The molecule has 0 saturated carbocycles. The average molecular weight is 172 g/mol. The summed E-state index contributed by atoms with van der Waals surface area (Å²) in [6.07, 6.45) is 1.73. The molecule has 58 valence electrons. The van der Waals surface area contributed by atoms with Gasteiger partial charge in [-0.1, -0.05) is 0 Å². The van der Waals surface area contributed by atoms with Gasteiger partial charge in [0.05, 0.1) is 31.9 Å². The molecule has 1 atom stereocenters. The van der Waals surface area contributed by atoms with E-state index in [0.29, 0.717) is 0 Å². The van der Waals surface area contributed by atoms with Gasteiger partial charge in [0.2, 0.25) is 0 Å². The molecule has 0 aromatic heterocycles. The zero-order valence-corrected chi connectivity index (χ0v) is 7.92. The third kappa shape index (κ3) is 11.8. The Labute approximate surface area is 65.7 Å². The Hall–Kier alpha value is 0.400. The number of halogens is 1. The molecule has 0 heterocycles. The van der Waals surface area contributed by atoms with Gasteiger partial charge in [0.25, 0.3) is 0 Å². The van der Waals surface area contributed by atoms with Gasteiger partial charge in [-0.15, -0.1) is 0 Å². The number of nitrogens with zero attached hydrogens (tertiary/aromatic N) is 1. The van der Waals surface area contributed by atoms with Crippen LogP contribution in [0.25, 0.3) is 0 Å². The van der Waals surface area contributed by atoms with Gasteiger partial charge >= 0.3 is 0 Å². The quantitative estimate of drug-likeness (QED) is 0.406. The molecule has 0 spiro atoms. The molecule has 0 aliphatic carbocycles. The molecule has 0 saturated heterocycles. The molecule has 2 nitrogen and oxygen atoms in total. The fraction of sp³-hybridized carbons (Fsp3) is 1.00. The smallest absolute Gasteiger partial charge is 0.154 e. The molecule has 1 unspecified atom stereocenters. The van der Waals surface area contributed by atoms with Gasteiger partial charge in [-0.05, 0) is 0 Å². The average Bonchev–Trinajstić information content (AvgIpc) is 1.21. The van der Waals surface area contributed by atoms with E-state index in [4.69, 9.17) is 0 Å². The van der Waals surface area contributed by atoms with Crippen LogP contribution in [0.2, 0.25) is 0 Å². The fourth-order valence-corrected chi connectivity index (χ4v) is 1.64. The van der Waals surface area contributed by atoms with Gasteiger partial charge in [-0.25, -0.2) is 0 Å². The highest BCUT2D eigenvalue weighted by atomic mass is 35.5. The molecule has 0 aliphatic heterocycles. The highest BCUT2D eigenvalue weighted by Gasteiger charge is 2.07. The predicted octanol–water partition coefficient (Wildman–Crippen LogP) is -2.97. The Kier molecular flexibility index (Phi) is 5.72. The van der Waals surface area contributed by atoms with Gasteiger partial charge in [-0.2, -0.15) is 0 Å². The minimum atomic E-state index is -0.663. The Balaban J connectivity index is 0. The van der Waals surface area contributed by atoms with Crippen LogP contribution in [0.1, 0.15) is 0 Å². The van der Waals surface area contributed by atoms with Crippen LogP contribution < -0.4 is 12.4 Å². The first-order valence-corrected chi connectivity index (χ1v) is 4.25. The van der Waals surface area contributed by atoms with E-state index in [1.165, 1.54) is 0 Å². The van der Waals surface area contributed by atoms with Crippen LogP contribution in [-0.4, -0.2) is 42.0 Å². The predicted molar refractivity (Wildman–Crippen MR) is 37.0 cm³/mol. The lowest BCUT2D eigenvalue weighted by molar-refractivity contribution is -0.857. The molecule has 0 rings (SSSR count). The fourth-order valence-electron chi connectivity index (χ4n) is 0.545. The summed E-state index contributed by atoms with van der Waals surface area (Å²) in [5.41, 5.74) is 0. The summed E-state index contributed by atoms with van der Waals surface area (Å²) in [6.45, 7) is 0. The first-order chi connectivity index (χ1) is 3.42. The van der Waals surface area contributed by atoms with Crippen LogP contribution >= 0.6 is 0 Å². The summed E-state index contributed by atoms with van der Waals surface area (Å²) in [5.74, 6) is 0.736. The number of rotatable bonds is 2. The summed E-state index contributed by atoms with van der Waals surface area (Å²) in [7, 11) is 5.42. The van der Waals surface area contributed by atoms with Crippen molar-refractivity contribution in [2.24, 2.45) is 0 Å². The number of quaternary nitrogens is 1. The van der Waals surface area contributed by atoms with Crippen molar-refractivity contribution >= 4 is 10.8 Å². The zero-order valence-electron chi connectivity index (χ0n) is 6.35. The molecular formula is C5H14ClNOS. The van der Waals surface area contributed by atoms with Crippen LogP contribution in [0, 0.1) is 0 Å². The highest BCUT2D eigenvalue weighted by Crippen LogP contribution is 1.89. The monoisotopic (exact) mass is 171 g/mol. The van der Waals surface area contributed by atoms with Crippen LogP contribution in [0.4, 0.5) is 0 Å². The van der Waals surface area contributed by atoms with Crippen molar-refractivity contribution < 1.29 is 21.1 Å². The van der Waals surface area contributed by atoms with Crippen LogP contribution in [0.3, 0.4) is 0 Å². The van der Waals surface area contributed by atoms with Gasteiger partial charge < -0.3 is 16.9 Å². The number of hydrogen-bond acceptors (Lipinski definition) is 1. The summed E-state index contributed by atoms with van der Waals surface area (Å²) in [4.78, 5) is 0. The zero-order chi connectivity index (χ0) is 6.78. The Bertz CT molecular complexity index is 99.6. The third-order valence-electron chi connectivity index (χ3n) is 0.569. The Morgan fingerprint density at radius 1 is 1.33 bits per heavy atom. The summed E-state index contributed by atoms with van der Waals surface area (Å²) in [6, 6.07) is 0. The van der Waals surface area contributed by atoms with Crippen molar-refractivity contribution in [3.05, 3.63) is 0 Å². The molecule has 9 heavy (non-hydrogen) atoms. The van der Waals surface area contributed by atoms with E-state index in [1.54, 1.807) is 6.26 Å². The van der Waals surface area contributed by atoms with Crippen LogP contribution in [0.15, 0.2) is 0 Å². The first kappa shape index (κ1) is 12.1. The second-order valence-electron chi connectivity index (χ2n) is 2.99. The van der Waals surface area contributed by atoms with Crippen LogP contribution in [-0.2, 0) is 10.8 Å². The molecule has 0 radical (unpaired) electrons. The molecule has 0 amide bonds. The molecule has 0 aliphatic rings. The van der Waals surface area contributed by atoms with E-state index < -0.39 is 10.8 Å². The van der Waals surface area contributed by atoms with Crippen molar-refractivity contribution in [3.63, 3.8) is 0 Å². The van der Waals surface area contributed by atoms with Crippen molar-refractivity contribution in [3.8, 4) is 0 Å². The lowest BCUT2D eigenvalue weighted by Gasteiger charge is -2.21. The highest BCUT2D eigenvalue weighted by molar-refractivity contribution is 7.84. The minimum Gasteiger partial charge on any atom is -1.00 e. The minimum absolute atomic E-state index is 0. The lowest BCUT2D eigenvalue weighted by Crippen LogP contribution is -3.00. The summed E-state index contributed by atoms with van der Waals surface area (Å²) >= 11 is 0.